The number of rotatable bonds is 4. The highest BCUT2D eigenvalue weighted by Gasteiger charge is 2.21. The van der Waals surface area contributed by atoms with Gasteiger partial charge in [-0.2, -0.15) is 0 Å². The summed E-state index contributed by atoms with van der Waals surface area (Å²) in [6.45, 7) is 5.01. The molecule has 1 N–H and O–H groups in total. The van der Waals surface area contributed by atoms with Crippen LogP contribution in [0, 0.1) is 20.8 Å². The minimum atomic E-state index is -0.652. The van der Waals surface area contributed by atoms with Crippen molar-refractivity contribution in [2.75, 3.05) is 6.61 Å². The fraction of sp³-hybridized carbons (Fsp3) is 0.211. The van der Waals surface area contributed by atoms with E-state index in [1.54, 1.807) is 19.9 Å². The molecule has 0 unspecified atom stereocenters. The number of carbonyl (C=O) groups is 2. The molecule has 0 fully saturated rings. The summed E-state index contributed by atoms with van der Waals surface area (Å²) in [6.07, 6.45) is 0. The van der Waals surface area contributed by atoms with Crippen molar-refractivity contribution in [2.24, 2.45) is 0 Å². The summed E-state index contributed by atoms with van der Waals surface area (Å²) in [6, 6.07) is 9.25. The van der Waals surface area contributed by atoms with Crippen LogP contribution in [0.5, 0.6) is 0 Å². The van der Waals surface area contributed by atoms with Crippen LogP contribution in [0.15, 0.2) is 30.3 Å². The van der Waals surface area contributed by atoms with E-state index in [2.05, 4.69) is 9.97 Å². The molecule has 3 aromatic rings. The monoisotopic (exact) mass is 356 g/mol. The number of nitrogens with one attached hydrogen (secondary N) is 1. The summed E-state index contributed by atoms with van der Waals surface area (Å²) < 4.78 is 5.19. The number of hydrogen-bond donors (Lipinski definition) is 1. The number of aromatic amines is 1. The predicted molar refractivity (Wildman–Crippen MR) is 96.4 cm³/mol. The summed E-state index contributed by atoms with van der Waals surface area (Å²) in [5.74, 6) is -0.919. The van der Waals surface area contributed by atoms with Crippen molar-refractivity contribution in [1.82, 2.24) is 9.97 Å². The topological polar surface area (TPSA) is 72.1 Å². The van der Waals surface area contributed by atoms with Gasteiger partial charge in [0.25, 0.3) is 0 Å². The number of aryl methyl sites for hydroxylation is 3. The third kappa shape index (κ3) is 3.28. The average molecular weight is 357 g/mol. The number of ether oxygens (including phenoxy) is 1. The van der Waals surface area contributed by atoms with E-state index in [-0.39, 0.29) is 23.1 Å². The number of carbonyl (C=O) groups excluding carboxylic acids is 2. The second kappa shape index (κ2) is 6.69. The molecule has 0 aliphatic carbocycles. The summed E-state index contributed by atoms with van der Waals surface area (Å²) in [5, 5.41) is 0.894. The molecule has 0 aliphatic rings. The number of halogens is 1. The number of hydrogen-bond acceptors (Lipinski definition) is 4. The van der Waals surface area contributed by atoms with Crippen LogP contribution in [0.3, 0.4) is 0 Å². The zero-order valence-electron chi connectivity index (χ0n) is 14.1. The van der Waals surface area contributed by atoms with Crippen molar-refractivity contribution in [3.63, 3.8) is 0 Å². The molecular formula is C19H17ClN2O3. The van der Waals surface area contributed by atoms with Gasteiger partial charge in [-0.1, -0.05) is 29.8 Å². The Hall–Kier alpha value is -2.66. The van der Waals surface area contributed by atoms with Crippen LogP contribution in [0.4, 0.5) is 0 Å². The lowest BCUT2D eigenvalue weighted by molar-refractivity contribution is 0.0474. The smallest absolute Gasteiger partial charge is 0.342 e. The Morgan fingerprint density at radius 1 is 1.16 bits per heavy atom. The van der Waals surface area contributed by atoms with E-state index in [1.807, 2.05) is 31.2 Å². The summed E-state index contributed by atoms with van der Waals surface area (Å²) in [5.41, 5.74) is 3.72. The minimum absolute atomic E-state index is 0.0817. The molecule has 0 saturated carbocycles. The first kappa shape index (κ1) is 17.2. The van der Waals surface area contributed by atoms with Crippen molar-refractivity contribution in [2.45, 2.75) is 20.8 Å². The second-order valence-corrected chi connectivity index (χ2v) is 6.27. The van der Waals surface area contributed by atoms with E-state index in [9.17, 15) is 9.59 Å². The highest BCUT2D eigenvalue weighted by Crippen LogP contribution is 2.23. The maximum Gasteiger partial charge on any atom is 0.342 e. The third-order valence-electron chi connectivity index (χ3n) is 4.01. The van der Waals surface area contributed by atoms with Crippen LogP contribution < -0.4 is 0 Å². The Kier molecular flexibility index (Phi) is 4.59. The number of aromatic nitrogens is 2. The lowest BCUT2D eigenvalue weighted by Gasteiger charge is -2.09. The van der Waals surface area contributed by atoms with Gasteiger partial charge in [-0.25, -0.2) is 9.78 Å². The van der Waals surface area contributed by atoms with Crippen LogP contribution in [0.25, 0.3) is 10.9 Å². The first-order chi connectivity index (χ1) is 11.9. The van der Waals surface area contributed by atoms with Gasteiger partial charge in [-0.05, 0) is 38.5 Å². The van der Waals surface area contributed by atoms with Crippen LogP contribution in [0.1, 0.15) is 37.7 Å². The molecule has 0 amide bonds. The molecule has 6 heteroatoms. The quantitative estimate of drug-likeness (QED) is 0.432. The minimum Gasteiger partial charge on any atom is -0.454 e. The standard InChI is InChI=1S/C19H17ClN2O3/c1-10-8-11(2)21-18(20)16(10)19(24)25-9-15(23)17-12(3)22-14-7-5-4-6-13(14)17/h4-8,22H,9H2,1-3H3. The highest BCUT2D eigenvalue weighted by molar-refractivity contribution is 6.32. The van der Waals surface area contributed by atoms with E-state index in [4.69, 9.17) is 16.3 Å². The highest BCUT2D eigenvalue weighted by atomic mass is 35.5. The Morgan fingerprint density at radius 2 is 1.88 bits per heavy atom. The normalized spacial score (nSPS) is 10.9. The van der Waals surface area contributed by atoms with Crippen LogP contribution in [0.2, 0.25) is 5.15 Å². The zero-order chi connectivity index (χ0) is 18.1. The van der Waals surface area contributed by atoms with E-state index < -0.39 is 5.97 Å². The number of pyridine rings is 1. The lowest BCUT2D eigenvalue weighted by atomic mass is 10.1. The van der Waals surface area contributed by atoms with Crippen LogP contribution in [-0.2, 0) is 4.74 Å². The van der Waals surface area contributed by atoms with Gasteiger partial charge in [-0.15, -0.1) is 0 Å². The number of Topliss-reactive ketones (excluding diaryl/α,β-unsaturated/α-hetero) is 1. The van der Waals surface area contributed by atoms with Gasteiger partial charge in [0.1, 0.15) is 5.15 Å². The summed E-state index contributed by atoms with van der Waals surface area (Å²) in [4.78, 5) is 32.1. The zero-order valence-corrected chi connectivity index (χ0v) is 14.9. The number of nitrogens with zero attached hydrogens (tertiary/aromatic N) is 1. The summed E-state index contributed by atoms with van der Waals surface area (Å²) >= 11 is 6.05. The molecule has 0 bridgehead atoms. The van der Waals surface area contributed by atoms with Gasteiger partial charge in [0.05, 0.1) is 5.56 Å². The molecule has 2 aromatic heterocycles. The Morgan fingerprint density at radius 3 is 2.60 bits per heavy atom. The van der Waals surface area contributed by atoms with Gasteiger partial charge >= 0.3 is 5.97 Å². The first-order valence-corrected chi connectivity index (χ1v) is 8.17. The molecule has 0 radical (unpaired) electrons. The molecular weight excluding hydrogens is 340 g/mol. The Balaban J connectivity index is 1.81. The third-order valence-corrected chi connectivity index (χ3v) is 4.28. The number of ketones is 1. The predicted octanol–water partition coefficient (Wildman–Crippen LogP) is 4.18. The number of para-hydroxylation sites is 1. The molecule has 0 spiro atoms. The fourth-order valence-corrected chi connectivity index (χ4v) is 3.31. The van der Waals surface area contributed by atoms with Crippen molar-refractivity contribution in [3.8, 4) is 0 Å². The fourth-order valence-electron chi connectivity index (χ4n) is 2.95. The summed E-state index contributed by atoms with van der Waals surface area (Å²) in [7, 11) is 0. The van der Waals surface area contributed by atoms with E-state index >= 15 is 0 Å². The average Bonchev–Trinajstić information content (AvgIpc) is 2.87. The van der Waals surface area contributed by atoms with Crippen LogP contribution in [-0.4, -0.2) is 28.3 Å². The van der Waals surface area contributed by atoms with E-state index in [0.717, 1.165) is 16.6 Å². The van der Waals surface area contributed by atoms with E-state index in [0.29, 0.717) is 16.8 Å². The maximum atomic E-state index is 12.6. The number of fused-ring (bicyclic) bond motifs is 1. The number of esters is 1. The lowest BCUT2D eigenvalue weighted by Crippen LogP contribution is -2.16. The molecule has 0 aliphatic heterocycles. The molecule has 0 atom stereocenters. The Labute approximate surface area is 150 Å². The maximum absolute atomic E-state index is 12.6. The number of benzene rings is 1. The van der Waals surface area contributed by atoms with Gasteiger partial charge in [-0.3, -0.25) is 4.79 Å². The first-order valence-electron chi connectivity index (χ1n) is 7.80. The van der Waals surface area contributed by atoms with Gasteiger partial charge in [0.15, 0.2) is 6.61 Å². The van der Waals surface area contributed by atoms with Crippen LogP contribution >= 0.6 is 11.6 Å². The molecule has 1 aromatic carbocycles. The molecule has 2 heterocycles. The molecule has 25 heavy (non-hydrogen) atoms. The molecule has 128 valence electrons. The molecule has 3 rings (SSSR count). The second-order valence-electron chi connectivity index (χ2n) is 5.92. The van der Waals surface area contributed by atoms with Gasteiger partial charge in [0, 0.05) is 27.9 Å². The van der Waals surface area contributed by atoms with Crippen molar-refractivity contribution >= 4 is 34.3 Å². The van der Waals surface area contributed by atoms with Crippen molar-refractivity contribution in [3.05, 3.63) is 63.6 Å². The van der Waals surface area contributed by atoms with Gasteiger partial charge in [0.2, 0.25) is 5.78 Å². The Bertz CT molecular complexity index is 968. The largest absolute Gasteiger partial charge is 0.454 e. The van der Waals surface area contributed by atoms with Crippen molar-refractivity contribution in [1.29, 1.82) is 0 Å². The molecule has 5 nitrogen and oxygen atoms in total. The molecule has 0 saturated heterocycles. The van der Waals surface area contributed by atoms with E-state index in [1.165, 1.54) is 0 Å². The van der Waals surface area contributed by atoms with Gasteiger partial charge < -0.3 is 9.72 Å². The van der Waals surface area contributed by atoms with Crippen molar-refractivity contribution < 1.29 is 14.3 Å². The SMILES string of the molecule is Cc1cc(C)c(C(=O)OCC(=O)c2c(C)[nH]c3ccccc23)c(Cl)n1. The number of H-pyrrole nitrogens is 1.